The van der Waals surface area contributed by atoms with Gasteiger partial charge in [-0.1, -0.05) is 38.1 Å². The highest BCUT2D eigenvalue weighted by molar-refractivity contribution is 5.63. The van der Waals surface area contributed by atoms with E-state index in [-0.39, 0.29) is 5.82 Å². The molecular formula is C20H27FN2O. The Morgan fingerprint density at radius 3 is 2.58 bits per heavy atom. The Hall–Kier alpha value is -1.78. The number of nitrogens with zero attached hydrogens (tertiary/aromatic N) is 1. The number of ether oxygens (including phenoxy) is 1. The van der Waals surface area contributed by atoms with E-state index in [4.69, 9.17) is 4.74 Å². The Balaban J connectivity index is 2.24. The summed E-state index contributed by atoms with van der Waals surface area (Å²) in [4.78, 5) is 4.55. The molecular weight excluding hydrogens is 303 g/mol. The van der Waals surface area contributed by atoms with Crippen LogP contribution in [0, 0.1) is 11.7 Å². The zero-order valence-electron chi connectivity index (χ0n) is 15.0. The van der Waals surface area contributed by atoms with Crippen LogP contribution >= 0.6 is 0 Å². The highest BCUT2D eigenvalue weighted by Crippen LogP contribution is 2.24. The van der Waals surface area contributed by atoms with E-state index < -0.39 is 0 Å². The topological polar surface area (TPSA) is 34.1 Å². The van der Waals surface area contributed by atoms with Gasteiger partial charge in [0, 0.05) is 24.8 Å². The van der Waals surface area contributed by atoms with Crippen LogP contribution in [0.4, 0.5) is 4.39 Å². The van der Waals surface area contributed by atoms with Gasteiger partial charge in [0.1, 0.15) is 5.82 Å². The summed E-state index contributed by atoms with van der Waals surface area (Å²) in [6.07, 6.45) is 0. The molecule has 0 aliphatic carbocycles. The van der Waals surface area contributed by atoms with Crippen molar-refractivity contribution in [2.45, 2.75) is 46.9 Å². The van der Waals surface area contributed by atoms with Crippen LogP contribution in [0.25, 0.3) is 11.3 Å². The summed E-state index contributed by atoms with van der Waals surface area (Å²) in [6.45, 7) is 9.97. The minimum Gasteiger partial charge on any atom is -0.377 e. The van der Waals surface area contributed by atoms with Gasteiger partial charge in [0.25, 0.3) is 0 Å². The molecule has 0 saturated heterocycles. The predicted octanol–water partition coefficient (Wildman–Crippen LogP) is 4.56. The Kier molecular flexibility index (Phi) is 6.88. The number of benzene rings is 1. The van der Waals surface area contributed by atoms with Crippen LogP contribution in [0.3, 0.4) is 0 Å². The Morgan fingerprint density at radius 1 is 1.12 bits per heavy atom. The molecule has 1 N–H and O–H groups in total. The molecule has 0 spiro atoms. The van der Waals surface area contributed by atoms with Crippen molar-refractivity contribution >= 4 is 0 Å². The van der Waals surface area contributed by atoms with Gasteiger partial charge in [0.2, 0.25) is 0 Å². The van der Waals surface area contributed by atoms with E-state index in [1.807, 2.05) is 31.2 Å². The van der Waals surface area contributed by atoms with E-state index in [2.05, 4.69) is 31.1 Å². The largest absolute Gasteiger partial charge is 0.377 e. The molecule has 0 aliphatic heterocycles. The Morgan fingerprint density at radius 2 is 1.88 bits per heavy atom. The first-order valence-electron chi connectivity index (χ1n) is 8.57. The zero-order valence-corrected chi connectivity index (χ0v) is 15.0. The SMILES string of the molecule is CCOCc1ccccc1-c1ccc(F)c(CN[C@H](C)C(C)C)n1. The molecule has 4 heteroatoms. The maximum atomic E-state index is 14.1. The van der Waals surface area contributed by atoms with Crippen molar-refractivity contribution in [3.05, 3.63) is 53.5 Å². The number of rotatable bonds is 8. The van der Waals surface area contributed by atoms with Gasteiger partial charge in [-0.15, -0.1) is 0 Å². The third-order valence-electron chi connectivity index (χ3n) is 4.27. The van der Waals surface area contributed by atoms with Crippen LogP contribution in [-0.2, 0) is 17.9 Å². The van der Waals surface area contributed by atoms with Gasteiger partial charge in [-0.05, 0) is 37.5 Å². The second-order valence-corrected chi connectivity index (χ2v) is 6.33. The fourth-order valence-electron chi connectivity index (χ4n) is 2.36. The van der Waals surface area contributed by atoms with Crippen molar-refractivity contribution < 1.29 is 9.13 Å². The molecule has 0 aliphatic rings. The lowest BCUT2D eigenvalue weighted by molar-refractivity contribution is 0.134. The van der Waals surface area contributed by atoms with Crippen molar-refractivity contribution in [2.24, 2.45) is 5.92 Å². The first-order chi connectivity index (χ1) is 11.5. The van der Waals surface area contributed by atoms with E-state index in [1.165, 1.54) is 6.07 Å². The van der Waals surface area contributed by atoms with Crippen LogP contribution in [0.15, 0.2) is 36.4 Å². The molecule has 2 aromatic rings. The van der Waals surface area contributed by atoms with Crippen molar-refractivity contribution in [3.63, 3.8) is 0 Å². The second-order valence-electron chi connectivity index (χ2n) is 6.33. The quantitative estimate of drug-likeness (QED) is 0.770. The minimum atomic E-state index is -0.274. The molecule has 0 fully saturated rings. The predicted molar refractivity (Wildman–Crippen MR) is 96.1 cm³/mol. The number of nitrogens with one attached hydrogen (secondary N) is 1. The molecule has 1 heterocycles. The van der Waals surface area contributed by atoms with Crippen molar-refractivity contribution in [1.82, 2.24) is 10.3 Å². The lowest BCUT2D eigenvalue weighted by Gasteiger charge is -2.17. The molecule has 1 aromatic carbocycles. The maximum absolute atomic E-state index is 14.1. The van der Waals surface area contributed by atoms with Gasteiger partial charge >= 0.3 is 0 Å². The average molecular weight is 330 g/mol. The summed E-state index contributed by atoms with van der Waals surface area (Å²) in [7, 11) is 0. The first-order valence-corrected chi connectivity index (χ1v) is 8.57. The molecule has 24 heavy (non-hydrogen) atoms. The lowest BCUT2D eigenvalue weighted by atomic mass is 10.0. The summed E-state index contributed by atoms with van der Waals surface area (Å²) in [5, 5.41) is 3.34. The smallest absolute Gasteiger partial charge is 0.146 e. The molecule has 130 valence electrons. The normalized spacial score (nSPS) is 12.6. The summed E-state index contributed by atoms with van der Waals surface area (Å²) < 4.78 is 19.6. The van der Waals surface area contributed by atoms with Crippen LogP contribution in [0.5, 0.6) is 0 Å². The lowest BCUT2D eigenvalue weighted by Crippen LogP contribution is -2.30. The molecule has 0 unspecified atom stereocenters. The second kappa shape index (κ2) is 8.90. The monoisotopic (exact) mass is 330 g/mol. The van der Waals surface area contributed by atoms with Crippen LogP contribution < -0.4 is 5.32 Å². The van der Waals surface area contributed by atoms with E-state index in [0.29, 0.717) is 37.4 Å². The molecule has 3 nitrogen and oxygen atoms in total. The number of hydrogen-bond donors (Lipinski definition) is 1. The highest BCUT2D eigenvalue weighted by atomic mass is 19.1. The number of hydrogen-bond acceptors (Lipinski definition) is 3. The fraction of sp³-hybridized carbons (Fsp3) is 0.450. The summed E-state index contributed by atoms with van der Waals surface area (Å²) in [5.41, 5.74) is 3.28. The minimum absolute atomic E-state index is 0.274. The van der Waals surface area contributed by atoms with Crippen molar-refractivity contribution in [3.8, 4) is 11.3 Å². The van der Waals surface area contributed by atoms with Gasteiger partial charge in [-0.3, -0.25) is 0 Å². The van der Waals surface area contributed by atoms with Crippen molar-refractivity contribution in [2.75, 3.05) is 6.61 Å². The highest BCUT2D eigenvalue weighted by Gasteiger charge is 2.12. The van der Waals surface area contributed by atoms with Gasteiger partial charge < -0.3 is 10.1 Å². The number of halogens is 1. The molecule has 0 radical (unpaired) electrons. The van der Waals surface area contributed by atoms with E-state index >= 15 is 0 Å². The Labute approximate surface area is 144 Å². The molecule has 2 rings (SSSR count). The summed E-state index contributed by atoms with van der Waals surface area (Å²) >= 11 is 0. The van der Waals surface area contributed by atoms with E-state index in [1.54, 1.807) is 6.07 Å². The van der Waals surface area contributed by atoms with Gasteiger partial charge in [-0.25, -0.2) is 9.37 Å². The van der Waals surface area contributed by atoms with Crippen LogP contribution in [0.2, 0.25) is 0 Å². The van der Waals surface area contributed by atoms with E-state index in [0.717, 1.165) is 16.8 Å². The summed E-state index contributed by atoms with van der Waals surface area (Å²) in [5.74, 6) is 0.215. The molecule has 1 atom stereocenters. The van der Waals surface area contributed by atoms with Gasteiger partial charge in [0.15, 0.2) is 0 Å². The van der Waals surface area contributed by atoms with E-state index in [9.17, 15) is 4.39 Å². The number of pyridine rings is 1. The van der Waals surface area contributed by atoms with Gasteiger partial charge in [-0.2, -0.15) is 0 Å². The Bertz CT molecular complexity index is 658. The van der Waals surface area contributed by atoms with Gasteiger partial charge in [0.05, 0.1) is 18.0 Å². The molecule has 0 bridgehead atoms. The number of aromatic nitrogens is 1. The van der Waals surface area contributed by atoms with Crippen LogP contribution in [-0.4, -0.2) is 17.6 Å². The first kappa shape index (κ1) is 18.6. The maximum Gasteiger partial charge on any atom is 0.146 e. The fourth-order valence-corrected chi connectivity index (χ4v) is 2.36. The average Bonchev–Trinajstić information content (AvgIpc) is 2.59. The van der Waals surface area contributed by atoms with Crippen molar-refractivity contribution in [1.29, 1.82) is 0 Å². The molecule has 0 amide bonds. The third-order valence-corrected chi connectivity index (χ3v) is 4.27. The molecule has 0 saturated carbocycles. The summed E-state index contributed by atoms with van der Waals surface area (Å²) in [6, 6.07) is 11.5. The third kappa shape index (κ3) is 4.86. The standard InChI is InChI=1S/C20H27FN2O/c1-5-24-13-16-8-6-7-9-17(16)19-11-10-18(21)20(23-19)12-22-15(4)14(2)3/h6-11,14-15,22H,5,12-13H2,1-4H3/t15-/m1/s1. The molecule has 1 aromatic heterocycles. The van der Waals surface area contributed by atoms with Crippen LogP contribution in [0.1, 0.15) is 39.0 Å². The zero-order chi connectivity index (χ0) is 17.5.